The van der Waals surface area contributed by atoms with E-state index in [0.717, 1.165) is 10.9 Å². The van der Waals surface area contributed by atoms with Gasteiger partial charge in [-0.1, -0.05) is 48.5 Å². The minimum Gasteiger partial charge on any atom is -0.741 e. The van der Waals surface area contributed by atoms with E-state index in [1.807, 2.05) is 0 Å². The first kappa shape index (κ1) is 21.1. The van der Waals surface area contributed by atoms with Gasteiger partial charge in [-0.15, -0.1) is 0 Å². The van der Waals surface area contributed by atoms with Crippen molar-refractivity contribution in [2.24, 2.45) is 0 Å². The van der Waals surface area contributed by atoms with Crippen LogP contribution in [-0.2, 0) is 16.5 Å². The van der Waals surface area contributed by atoms with Gasteiger partial charge in [-0.2, -0.15) is 13.2 Å². The van der Waals surface area contributed by atoms with Crippen molar-refractivity contribution in [3.05, 3.63) is 65.7 Å². The van der Waals surface area contributed by atoms with Crippen LogP contribution in [0.2, 0.25) is 0 Å². The number of para-hydroxylation sites is 1. The number of hydrogen-bond acceptors (Lipinski definition) is 3. The van der Waals surface area contributed by atoms with Crippen LogP contribution in [0.15, 0.2) is 54.6 Å². The Morgan fingerprint density at radius 3 is 1.80 bits per heavy atom. The van der Waals surface area contributed by atoms with Crippen LogP contribution in [0.1, 0.15) is 11.1 Å². The summed E-state index contributed by atoms with van der Waals surface area (Å²) >= 11 is 0. The largest absolute Gasteiger partial charge is 0.741 e. The molecule has 0 aliphatic rings. The molecular formula is C17H20F3NO3S. The molecule has 2 rings (SSSR count). The summed E-state index contributed by atoms with van der Waals surface area (Å²) in [6.07, 6.45) is 1.01. The molecule has 138 valence electrons. The smallest absolute Gasteiger partial charge is 0.485 e. The highest BCUT2D eigenvalue weighted by molar-refractivity contribution is 7.86. The summed E-state index contributed by atoms with van der Waals surface area (Å²) in [6, 6.07) is 19.3. The lowest BCUT2D eigenvalue weighted by Gasteiger charge is -2.26. The number of nitrogens with zero attached hydrogens (tertiary/aromatic N) is 1. The molecule has 0 saturated heterocycles. The van der Waals surface area contributed by atoms with E-state index in [4.69, 9.17) is 13.0 Å². The van der Waals surface area contributed by atoms with Gasteiger partial charge in [0.2, 0.25) is 0 Å². The maximum atomic E-state index is 10.7. The lowest BCUT2D eigenvalue weighted by Crippen LogP contribution is -2.35. The van der Waals surface area contributed by atoms with Gasteiger partial charge in [0.15, 0.2) is 10.1 Å². The Morgan fingerprint density at radius 2 is 1.36 bits per heavy atom. The van der Waals surface area contributed by atoms with Crippen LogP contribution in [0.25, 0.3) is 0 Å². The number of hydrogen-bond donors (Lipinski definition) is 0. The van der Waals surface area contributed by atoms with Crippen molar-refractivity contribution >= 4 is 15.8 Å². The Balaban J connectivity index is 0.000000333. The van der Waals surface area contributed by atoms with E-state index >= 15 is 0 Å². The number of benzene rings is 2. The summed E-state index contributed by atoms with van der Waals surface area (Å²) in [5, 5.41) is 0. The summed E-state index contributed by atoms with van der Waals surface area (Å²) in [5.74, 6) is 0. The fourth-order valence-electron chi connectivity index (χ4n) is 2.13. The number of quaternary nitrogens is 1. The van der Waals surface area contributed by atoms with Crippen LogP contribution >= 0.6 is 0 Å². The van der Waals surface area contributed by atoms with Crippen molar-refractivity contribution in [2.75, 3.05) is 21.1 Å². The van der Waals surface area contributed by atoms with Gasteiger partial charge in [0.05, 0.1) is 21.1 Å². The molecule has 0 fully saturated rings. The first-order valence-corrected chi connectivity index (χ1v) is 8.69. The van der Waals surface area contributed by atoms with E-state index in [-0.39, 0.29) is 0 Å². The highest BCUT2D eigenvalue weighted by Crippen LogP contribution is 2.24. The van der Waals surface area contributed by atoms with Crippen LogP contribution < -0.4 is 4.48 Å². The van der Waals surface area contributed by atoms with E-state index in [9.17, 15) is 13.2 Å². The normalized spacial score (nSPS) is 12.3. The Kier molecular flexibility index (Phi) is 6.75. The molecule has 2 aromatic carbocycles. The van der Waals surface area contributed by atoms with E-state index in [0.29, 0.717) is 0 Å². The Labute approximate surface area is 145 Å². The third-order valence-electron chi connectivity index (χ3n) is 3.24. The van der Waals surface area contributed by atoms with Crippen LogP contribution in [0.3, 0.4) is 0 Å². The molecule has 0 radical (unpaired) electrons. The SMILES string of the molecule is C[N+](C)(C)c1ccccc1Cc1ccccc1.O=S(=O)([O-])C(F)(F)F. The molecule has 0 aliphatic heterocycles. The number of rotatable bonds is 3. The zero-order valence-corrected chi connectivity index (χ0v) is 14.9. The van der Waals surface area contributed by atoms with Crippen molar-refractivity contribution in [1.29, 1.82) is 0 Å². The quantitative estimate of drug-likeness (QED) is 0.469. The summed E-state index contributed by atoms with van der Waals surface area (Å²) < 4.78 is 59.8. The van der Waals surface area contributed by atoms with Gasteiger partial charge in [0, 0.05) is 12.0 Å². The summed E-state index contributed by atoms with van der Waals surface area (Å²) in [4.78, 5) is 0. The molecule has 0 unspecified atom stereocenters. The van der Waals surface area contributed by atoms with Crippen LogP contribution in [-0.4, -0.2) is 39.6 Å². The molecule has 4 nitrogen and oxygen atoms in total. The molecule has 0 bridgehead atoms. The molecular weight excluding hydrogens is 355 g/mol. The van der Waals surface area contributed by atoms with E-state index < -0.39 is 15.6 Å². The minimum absolute atomic E-state index is 0.864. The van der Waals surface area contributed by atoms with Gasteiger partial charge < -0.3 is 4.55 Å². The second-order valence-corrected chi connectivity index (χ2v) is 7.57. The lowest BCUT2D eigenvalue weighted by atomic mass is 10.0. The van der Waals surface area contributed by atoms with Crippen LogP contribution in [0, 0.1) is 0 Å². The predicted octanol–water partition coefficient (Wildman–Crippen LogP) is 3.53. The Bertz CT molecular complexity index is 783. The second kappa shape index (κ2) is 7.99. The average molecular weight is 375 g/mol. The van der Waals surface area contributed by atoms with Crippen LogP contribution in [0.4, 0.5) is 18.9 Å². The standard InChI is InChI=1S/C16H20N.CHF3O3S/c1-17(2,3)16-12-8-7-11-15(16)13-14-9-5-4-6-10-14;2-1(3,4)8(5,6)7/h4-12H,13H2,1-3H3;(H,5,6,7)/q+1;/p-1. The molecule has 0 aliphatic carbocycles. The molecule has 0 aromatic heterocycles. The number of halogens is 3. The minimum atomic E-state index is -6.09. The second-order valence-electron chi connectivity index (χ2n) is 6.20. The van der Waals surface area contributed by atoms with Gasteiger partial charge in [-0.25, -0.2) is 8.42 Å². The lowest BCUT2D eigenvalue weighted by molar-refractivity contribution is -0.0517. The van der Waals surface area contributed by atoms with E-state index in [2.05, 4.69) is 75.7 Å². The van der Waals surface area contributed by atoms with Crippen molar-refractivity contribution in [3.8, 4) is 0 Å². The van der Waals surface area contributed by atoms with Gasteiger partial charge >= 0.3 is 5.51 Å². The Morgan fingerprint density at radius 1 is 0.920 bits per heavy atom. The summed E-state index contributed by atoms with van der Waals surface area (Å²) in [7, 11) is 0.546. The van der Waals surface area contributed by atoms with Gasteiger partial charge in [0.25, 0.3) is 0 Å². The summed E-state index contributed by atoms with van der Waals surface area (Å²) in [5.41, 5.74) is -1.48. The topological polar surface area (TPSA) is 57.2 Å². The first-order chi connectivity index (χ1) is 11.3. The van der Waals surface area contributed by atoms with Crippen LogP contribution in [0.5, 0.6) is 0 Å². The molecule has 2 aromatic rings. The first-order valence-electron chi connectivity index (χ1n) is 7.28. The molecule has 0 atom stereocenters. The van der Waals surface area contributed by atoms with Gasteiger partial charge in [-0.05, 0) is 11.6 Å². The summed E-state index contributed by atoms with van der Waals surface area (Å²) in [6.45, 7) is 0. The maximum Gasteiger partial charge on any atom is 0.485 e. The van der Waals surface area contributed by atoms with E-state index in [1.54, 1.807) is 0 Å². The fraction of sp³-hybridized carbons (Fsp3) is 0.294. The molecule has 0 N–H and O–H groups in total. The zero-order valence-electron chi connectivity index (χ0n) is 14.1. The molecule has 25 heavy (non-hydrogen) atoms. The molecule has 0 heterocycles. The third kappa shape index (κ3) is 6.85. The Hall–Kier alpha value is -1.90. The molecule has 8 heteroatoms. The zero-order chi connectivity index (χ0) is 19.3. The number of alkyl halides is 3. The monoisotopic (exact) mass is 375 g/mol. The molecule has 0 amide bonds. The van der Waals surface area contributed by atoms with Crippen molar-refractivity contribution in [2.45, 2.75) is 11.9 Å². The molecule has 0 spiro atoms. The fourth-order valence-corrected chi connectivity index (χ4v) is 2.13. The van der Waals surface area contributed by atoms with Gasteiger partial charge in [-0.3, -0.25) is 4.48 Å². The van der Waals surface area contributed by atoms with Crippen molar-refractivity contribution in [1.82, 2.24) is 4.48 Å². The van der Waals surface area contributed by atoms with Crippen molar-refractivity contribution < 1.29 is 26.1 Å². The predicted molar refractivity (Wildman–Crippen MR) is 91.0 cm³/mol. The van der Waals surface area contributed by atoms with Gasteiger partial charge in [0.1, 0.15) is 5.69 Å². The molecule has 0 saturated carbocycles. The average Bonchev–Trinajstić information content (AvgIpc) is 2.46. The third-order valence-corrected chi connectivity index (χ3v) is 3.80. The van der Waals surface area contributed by atoms with Crippen molar-refractivity contribution in [3.63, 3.8) is 0 Å². The highest BCUT2D eigenvalue weighted by atomic mass is 32.2. The highest BCUT2D eigenvalue weighted by Gasteiger charge is 2.36. The van der Waals surface area contributed by atoms with E-state index in [1.165, 1.54) is 16.8 Å². The maximum absolute atomic E-state index is 10.7.